The minimum Gasteiger partial charge on any atom is -0.490 e. The topological polar surface area (TPSA) is 135 Å². The number of Topliss-reactive ketones (excluding diaryl/α,β-unsaturated/α-hetero) is 1. The summed E-state index contributed by atoms with van der Waals surface area (Å²) in [4.78, 5) is 26.2. The van der Waals surface area contributed by atoms with E-state index in [2.05, 4.69) is 0 Å². The lowest BCUT2D eigenvalue weighted by Gasteiger charge is -2.25. The van der Waals surface area contributed by atoms with Gasteiger partial charge in [0.1, 0.15) is 11.6 Å². The number of carboxylic acid groups (broad SMARTS) is 1. The van der Waals surface area contributed by atoms with Crippen LogP contribution in [0.4, 0.5) is 4.39 Å². The van der Waals surface area contributed by atoms with Crippen molar-refractivity contribution in [1.29, 1.82) is 5.41 Å². The summed E-state index contributed by atoms with van der Waals surface area (Å²) in [6.07, 6.45) is -0.797. The molecule has 1 atom stereocenters. The molecule has 0 saturated heterocycles. The number of nitrogens with zero attached hydrogens (tertiary/aromatic N) is 1. The van der Waals surface area contributed by atoms with E-state index < -0.39 is 23.4 Å². The molecule has 208 valence electrons. The van der Waals surface area contributed by atoms with E-state index in [-0.39, 0.29) is 73.0 Å². The summed E-state index contributed by atoms with van der Waals surface area (Å²) >= 11 is 0. The fourth-order valence-corrected chi connectivity index (χ4v) is 4.19. The number of hydrogen-bond acceptors (Lipinski definition) is 7. The molecule has 0 amide bonds. The van der Waals surface area contributed by atoms with Crippen molar-refractivity contribution >= 4 is 30.0 Å². The standard InChI is InChI=1S/C27H34FN3O6.ClH/c1-6-19(26(33)34)37-20-10-9-15(11-17(20)27(4,5)30)18(32)14-31-13-16-12-21(35-7-2)24(36-8-3)23(28)22(16)25(31)29;/h9-12,19,29H,6-8,13-14,30H2,1-5H3,(H,33,34);1H. The summed E-state index contributed by atoms with van der Waals surface area (Å²) in [6.45, 7) is 9.22. The number of carboxylic acids is 1. The van der Waals surface area contributed by atoms with Gasteiger partial charge in [0.2, 0.25) is 0 Å². The van der Waals surface area contributed by atoms with E-state index in [1.54, 1.807) is 46.8 Å². The number of benzene rings is 2. The van der Waals surface area contributed by atoms with Crippen LogP contribution in [0.25, 0.3) is 0 Å². The quantitative estimate of drug-likeness (QED) is 0.328. The summed E-state index contributed by atoms with van der Waals surface area (Å²) in [5, 5.41) is 17.9. The Morgan fingerprint density at radius 1 is 1.16 bits per heavy atom. The molecule has 1 aliphatic heterocycles. The van der Waals surface area contributed by atoms with Gasteiger partial charge in [-0.15, -0.1) is 12.4 Å². The zero-order valence-corrected chi connectivity index (χ0v) is 23.0. The first-order valence-corrected chi connectivity index (χ1v) is 12.2. The molecule has 0 fully saturated rings. The van der Waals surface area contributed by atoms with Crippen LogP contribution in [0, 0.1) is 11.2 Å². The van der Waals surface area contributed by atoms with Gasteiger partial charge in [-0.3, -0.25) is 10.2 Å². The maximum Gasteiger partial charge on any atom is 0.344 e. The van der Waals surface area contributed by atoms with Crippen LogP contribution in [0.2, 0.25) is 0 Å². The molecule has 2 aromatic carbocycles. The summed E-state index contributed by atoms with van der Waals surface area (Å²) in [5.41, 5.74) is 6.81. The molecule has 2 aromatic rings. The Morgan fingerprint density at radius 3 is 2.37 bits per heavy atom. The van der Waals surface area contributed by atoms with Crippen LogP contribution in [-0.2, 0) is 16.9 Å². The van der Waals surface area contributed by atoms with Gasteiger partial charge in [0.15, 0.2) is 29.2 Å². The Balaban J connectivity index is 0.00000507. The first-order valence-electron chi connectivity index (χ1n) is 12.2. The monoisotopic (exact) mass is 551 g/mol. The van der Waals surface area contributed by atoms with Gasteiger partial charge in [-0.2, -0.15) is 0 Å². The van der Waals surface area contributed by atoms with Crippen molar-refractivity contribution < 1.29 is 33.3 Å². The zero-order valence-electron chi connectivity index (χ0n) is 22.2. The molecular weight excluding hydrogens is 517 g/mol. The summed E-state index contributed by atoms with van der Waals surface area (Å²) < 4.78 is 32.0. The lowest BCUT2D eigenvalue weighted by molar-refractivity contribution is -0.145. The van der Waals surface area contributed by atoms with Gasteiger partial charge in [0, 0.05) is 23.2 Å². The van der Waals surface area contributed by atoms with Crippen LogP contribution >= 0.6 is 12.4 Å². The molecule has 1 unspecified atom stereocenters. The van der Waals surface area contributed by atoms with Gasteiger partial charge < -0.3 is 30.0 Å². The first-order chi connectivity index (χ1) is 17.4. The largest absolute Gasteiger partial charge is 0.490 e. The minimum absolute atomic E-state index is 0. The van der Waals surface area contributed by atoms with E-state index in [1.165, 1.54) is 17.0 Å². The highest BCUT2D eigenvalue weighted by Gasteiger charge is 2.33. The molecule has 0 aromatic heterocycles. The molecule has 3 rings (SSSR count). The third-order valence-electron chi connectivity index (χ3n) is 6.02. The molecule has 0 saturated carbocycles. The number of nitrogens with one attached hydrogen (secondary N) is 1. The third-order valence-corrected chi connectivity index (χ3v) is 6.02. The second-order valence-corrected chi connectivity index (χ2v) is 9.33. The first kappa shape index (κ1) is 30.9. The second-order valence-electron chi connectivity index (χ2n) is 9.33. The van der Waals surface area contributed by atoms with E-state index in [1.807, 2.05) is 0 Å². The van der Waals surface area contributed by atoms with Gasteiger partial charge in [0.25, 0.3) is 0 Å². The molecule has 0 aliphatic carbocycles. The second kappa shape index (κ2) is 12.4. The summed E-state index contributed by atoms with van der Waals surface area (Å²) in [7, 11) is 0. The number of nitrogens with two attached hydrogens (primary N) is 1. The van der Waals surface area contributed by atoms with Crippen molar-refractivity contribution in [2.75, 3.05) is 19.8 Å². The number of halogens is 2. The van der Waals surface area contributed by atoms with Gasteiger partial charge >= 0.3 is 5.97 Å². The summed E-state index contributed by atoms with van der Waals surface area (Å²) in [5.74, 6) is -1.69. The molecule has 38 heavy (non-hydrogen) atoms. The fourth-order valence-electron chi connectivity index (χ4n) is 4.19. The van der Waals surface area contributed by atoms with Crippen LogP contribution in [-0.4, -0.2) is 53.5 Å². The van der Waals surface area contributed by atoms with E-state index in [0.717, 1.165) is 0 Å². The highest BCUT2D eigenvalue weighted by atomic mass is 35.5. The lowest BCUT2D eigenvalue weighted by atomic mass is 9.92. The molecular formula is C27H35ClFN3O6. The molecule has 0 radical (unpaired) electrons. The van der Waals surface area contributed by atoms with Crippen LogP contribution in [0.15, 0.2) is 24.3 Å². The number of carbonyl (C=O) groups excluding carboxylic acids is 1. The average molecular weight is 552 g/mol. The molecule has 1 heterocycles. The van der Waals surface area contributed by atoms with E-state index >= 15 is 4.39 Å². The van der Waals surface area contributed by atoms with Crippen molar-refractivity contribution in [3.05, 3.63) is 52.3 Å². The Kier molecular flexibility index (Phi) is 10.1. The minimum atomic E-state index is -1.09. The predicted octanol–water partition coefficient (Wildman–Crippen LogP) is 4.50. The fraction of sp³-hybridized carbons (Fsp3) is 0.444. The third kappa shape index (κ3) is 6.36. The molecule has 1 aliphatic rings. The van der Waals surface area contributed by atoms with Crippen LogP contribution in [0.5, 0.6) is 17.2 Å². The molecule has 0 bridgehead atoms. The predicted molar refractivity (Wildman–Crippen MR) is 144 cm³/mol. The number of ketones is 1. The highest BCUT2D eigenvalue weighted by molar-refractivity contribution is 6.06. The van der Waals surface area contributed by atoms with Crippen LogP contribution in [0.1, 0.15) is 68.1 Å². The van der Waals surface area contributed by atoms with E-state index in [9.17, 15) is 14.7 Å². The molecule has 9 nitrogen and oxygen atoms in total. The number of carbonyl (C=O) groups is 2. The Morgan fingerprint density at radius 2 is 1.82 bits per heavy atom. The van der Waals surface area contributed by atoms with Crippen LogP contribution < -0.4 is 19.9 Å². The number of fused-ring (bicyclic) bond motifs is 1. The van der Waals surface area contributed by atoms with Crippen molar-refractivity contribution in [2.24, 2.45) is 5.73 Å². The lowest BCUT2D eigenvalue weighted by Crippen LogP contribution is -2.33. The normalized spacial score (nSPS) is 13.4. The average Bonchev–Trinajstić information content (AvgIpc) is 3.14. The van der Waals surface area contributed by atoms with Crippen molar-refractivity contribution in [1.82, 2.24) is 4.90 Å². The van der Waals surface area contributed by atoms with E-state index in [4.69, 9.17) is 25.4 Å². The molecule has 4 N–H and O–H groups in total. The maximum absolute atomic E-state index is 15.3. The SMILES string of the molecule is CCOc1cc2c(c(F)c1OCC)C(=N)N(CC(=O)c1ccc(OC(CC)C(=O)O)c(C(C)(C)N)c1)C2.Cl. The highest BCUT2D eigenvalue weighted by Crippen LogP contribution is 2.39. The summed E-state index contributed by atoms with van der Waals surface area (Å²) in [6, 6.07) is 6.31. The van der Waals surface area contributed by atoms with Crippen molar-refractivity contribution in [3.8, 4) is 17.2 Å². The number of hydrogen-bond donors (Lipinski definition) is 3. The maximum atomic E-state index is 15.3. The van der Waals surface area contributed by atoms with E-state index in [0.29, 0.717) is 23.3 Å². The number of ether oxygens (including phenoxy) is 3. The number of aliphatic carboxylic acids is 1. The Labute approximate surface area is 228 Å². The molecule has 11 heteroatoms. The molecule has 0 spiro atoms. The van der Waals surface area contributed by atoms with Gasteiger partial charge in [-0.05, 0) is 63.9 Å². The number of amidine groups is 1. The van der Waals surface area contributed by atoms with Crippen molar-refractivity contribution in [3.63, 3.8) is 0 Å². The zero-order chi connectivity index (χ0) is 27.5. The number of rotatable bonds is 12. The van der Waals surface area contributed by atoms with Gasteiger partial charge in [-0.25, -0.2) is 9.18 Å². The van der Waals surface area contributed by atoms with Gasteiger partial charge in [-0.1, -0.05) is 6.92 Å². The van der Waals surface area contributed by atoms with Crippen LogP contribution in [0.3, 0.4) is 0 Å². The Bertz CT molecular complexity index is 1210. The van der Waals surface area contributed by atoms with Crippen molar-refractivity contribution in [2.45, 2.75) is 59.2 Å². The smallest absolute Gasteiger partial charge is 0.344 e. The van der Waals surface area contributed by atoms with Gasteiger partial charge in [0.05, 0.1) is 25.3 Å². The Hall–Kier alpha value is -3.37.